The van der Waals surface area contributed by atoms with E-state index in [1.807, 2.05) is 24.3 Å². The SMILES string of the molecule is CC1(C)c2ccccc2-c2cc3c(-c4ccc(-c5nnc(-c6ccccc6)n5-c5ccccc5)cc4)c4ccccc4c(-c4cc5c6ccccc6ccc5c5ccccc45)c3cc21. The minimum absolute atomic E-state index is 0.167. The summed E-state index contributed by atoms with van der Waals surface area (Å²) < 4.78 is 2.17. The molecule has 1 heterocycles. The molecule has 0 saturated carbocycles. The monoisotopic (exact) mass is 815 g/mol. The molecule has 0 spiro atoms. The van der Waals surface area contributed by atoms with Gasteiger partial charge in [-0.3, -0.25) is 4.57 Å². The largest absolute Gasteiger partial charge is 0.275 e. The molecule has 0 amide bonds. The van der Waals surface area contributed by atoms with E-state index in [1.54, 1.807) is 0 Å². The van der Waals surface area contributed by atoms with Crippen LogP contribution >= 0.6 is 0 Å². The van der Waals surface area contributed by atoms with Gasteiger partial charge < -0.3 is 0 Å². The van der Waals surface area contributed by atoms with Crippen molar-refractivity contribution in [2.75, 3.05) is 0 Å². The van der Waals surface area contributed by atoms with Gasteiger partial charge in [-0.05, 0) is 129 Å². The lowest BCUT2D eigenvalue weighted by atomic mass is 9.79. The summed E-state index contributed by atoms with van der Waals surface area (Å²) in [7, 11) is 0. The number of para-hydroxylation sites is 1. The first-order chi connectivity index (χ1) is 31.5. The van der Waals surface area contributed by atoms with Crippen molar-refractivity contribution >= 4 is 53.9 Å². The normalized spacial score (nSPS) is 13.0. The Balaban J connectivity index is 1.10. The molecule has 0 unspecified atom stereocenters. The summed E-state index contributed by atoms with van der Waals surface area (Å²) in [5.74, 6) is 1.61. The van der Waals surface area contributed by atoms with Crippen molar-refractivity contribution in [3.63, 3.8) is 0 Å². The Morgan fingerprint density at radius 1 is 0.328 bits per heavy atom. The van der Waals surface area contributed by atoms with Gasteiger partial charge in [0.05, 0.1) is 0 Å². The first-order valence-electron chi connectivity index (χ1n) is 22.2. The molecular weight excluding hydrogens is 775 g/mol. The van der Waals surface area contributed by atoms with E-state index in [0.29, 0.717) is 0 Å². The lowest BCUT2D eigenvalue weighted by Crippen LogP contribution is -2.14. The highest BCUT2D eigenvalue weighted by atomic mass is 15.3. The van der Waals surface area contributed by atoms with E-state index < -0.39 is 0 Å². The number of rotatable bonds is 5. The molecule has 3 nitrogen and oxygen atoms in total. The van der Waals surface area contributed by atoms with Crippen molar-refractivity contribution in [1.29, 1.82) is 0 Å². The zero-order valence-electron chi connectivity index (χ0n) is 35.5. The number of benzene rings is 11. The molecule has 1 aromatic heterocycles. The van der Waals surface area contributed by atoms with Crippen LogP contribution in [0.25, 0.3) is 116 Å². The summed E-state index contributed by atoms with van der Waals surface area (Å²) >= 11 is 0. The minimum atomic E-state index is -0.167. The van der Waals surface area contributed by atoms with Gasteiger partial charge >= 0.3 is 0 Å². The third kappa shape index (κ3) is 5.34. The van der Waals surface area contributed by atoms with Crippen LogP contribution in [-0.4, -0.2) is 14.8 Å². The van der Waals surface area contributed by atoms with E-state index >= 15 is 0 Å². The van der Waals surface area contributed by atoms with Gasteiger partial charge in [0.1, 0.15) is 0 Å². The molecule has 1 aliphatic rings. The minimum Gasteiger partial charge on any atom is -0.275 e. The van der Waals surface area contributed by atoms with Gasteiger partial charge in [0.2, 0.25) is 0 Å². The molecule has 13 rings (SSSR count). The average Bonchev–Trinajstić information content (AvgIpc) is 3.89. The highest BCUT2D eigenvalue weighted by Crippen LogP contribution is 2.54. The average molecular weight is 816 g/mol. The van der Waals surface area contributed by atoms with Crippen LogP contribution in [0.2, 0.25) is 0 Å². The molecule has 3 heteroatoms. The summed E-state index contributed by atoms with van der Waals surface area (Å²) in [5, 5.41) is 22.2. The summed E-state index contributed by atoms with van der Waals surface area (Å²) in [6.07, 6.45) is 0. The van der Waals surface area contributed by atoms with E-state index in [9.17, 15) is 0 Å². The standard InChI is InChI=1S/C61H41N3/c1-61(2)55-28-16-15-25-47(55)51-36-53-54(37-56(51)61)58(52-35-50-43-22-10-9-17-38(43)33-34-46(50)44-23-11-12-24-45(44)52)49-27-14-13-26-48(49)57(53)39-29-31-41(32-30-39)60-63-62-59(40-18-5-3-6-19-40)64(60)42-20-7-4-8-21-42/h3-37H,1-2H3. The summed E-state index contributed by atoms with van der Waals surface area (Å²) in [4.78, 5) is 0. The zero-order chi connectivity index (χ0) is 42.5. The van der Waals surface area contributed by atoms with Gasteiger partial charge in [-0.1, -0.05) is 196 Å². The smallest absolute Gasteiger partial charge is 0.168 e. The number of hydrogen-bond acceptors (Lipinski definition) is 2. The number of aromatic nitrogens is 3. The predicted molar refractivity (Wildman–Crippen MR) is 268 cm³/mol. The topological polar surface area (TPSA) is 30.7 Å². The van der Waals surface area contributed by atoms with Crippen LogP contribution in [0.1, 0.15) is 25.0 Å². The molecule has 0 bridgehead atoms. The van der Waals surface area contributed by atoms with Crippen molar-refractivity contribution in [2.24, 2.45) is 0 Å². The number of hydrogen-bond donors (Lipinski definition) is 0. The summed E-state index contributed by atoms with van der Waals surface area (Å²) in [5.41, 5.74) is 13.2. The van der Waals surface area contributed by atoms with Crippen molar-refractivity contribution in [3.8, 4) is 61.8 Å². The van der Waals surface area contributed by atoms with E-state index in [-0.39, 0.29) is 5.41 Å². The highest BCUT2D eigenvalue weighted by Gasteiger charge is 2.36. The number of fused-ring (bicyclic) bond motifs is 10. The van der Waals surface area contributed by atoms with E-state index in [2.05, 4.69) is 206 Å². The lowest BCUT2D eigenvalue weighted by Gasteiger charge is -2.24. The van der Waals surface area contributed by atoms with Crippen LogP contribution in [-0.2, 0) is 5.41 Å². The van der Waals surface area contributed by atoms with Gasteiger partial charge in [-0.15, -0.1) is 10.2 Å². The highest BCUT2D eigenvalue weighted by molar-refractivity contribution is 6.28. The second-order valence-corrected chi connectivity index (χ2v) is 17.7. The van der Waals surface area contributed by atoms with E-state index in [4.69, 9.17) is 10.2 Å². The Kier molecular flexibility index (Phi) is 7.95. The molecule has 0 fully saturated rings. The first-order valence-corrected chi connectivity index (χ1v) is 22.2. The fourth-order valence-electron chi connectivity index (χ4n) is 10.9. The number of nitrogens with zero attached hydrogens (tertiary/aromatic N) is 3. The van der Waals surface area contributed by atoms with Crippen LogP contribution in [0.5, 0.6) is 0 Å². The lowest BCUT2D eigenvalue weighted by molar-refractivity contribution is 0.661. The van der Waals surface area contributed by atoms with Crippen LogP contribution in [0.4, 0.5) is 0 Å². The Morgan fingerprint density at radius 3 is 1.61 bits per heavy atom. The van der Waals surface area contributed by atoms with Gasteiger partial charge in [0.15, 0.2) is 11.6 Å². The maximum Gasteiger partial charge on any atom is 0.168 e. The Hall–Kier alpha value is -8.14. The fourth-order valence-corrected chi connectivity index (χ4v) is 10.9. The fraction of sp³-hybridized carbons (Fsp3) is 0.0492. The molecule has 11 aromatic carbocycles. The molecule has 0 aliphatic heterocycles. The maximum atomic E-state index is 4.84. The molecule has 0 saturated heterocycles. The first kappa shape index (κ1) is 36.5. The summed E-state index contributed by atoms with van der Waals surface area (Å²) in [6, 6.07) is 77.7. The van der Waals surface area contributed by atoms with Gasteiger partial charge in [-0.25, -0.2) is 0 Å². The van der Waals surface area contributed by atoms with Crippen molar-refractivity contribution < 1.29 is 0 Å². The third-order valence-corrected chi connectivity index (χ3v) is 13.9. The molecule has 300 valence electrons. The molecule has 0 N–H and O–H groups in total. The maximum absolute atomic E-state index is 4.84. The molecule has 0 atom stereocenters. The molecule has 12 aromatic rings. The quantitative estimate of drug-likeness (QED) is 0.128. The zero-order valence-corrected chi connectivity index (χ0v) is 35.5. The second-order valence-electron chi connectivity index (χ2n) is 17.7. The molecule has 0 radical (unpaired) electrons. The van der Waals surface area contributed by atoms with Crippen LogP contribution in [0.3, 0.4) is 0 Å². The van der Waals surface area contributed by atoms with Crippen LogP contribution in [0.15, 0.2) is 212 Å². The van der Waals surface area contributed by atoms with Gasteiger partial charge in [0.25, 0.3) is 0 Å². The van der Waals surface area contributed by atoms with Crippen LogP contribution < -0.4 is 0 Å². The Morgan fingerprint density at radius 2 is 0.859 bits per heavy atom. The van der Waals surface area contributed by atoms with Crippen LogP contribution in [0, 0.1) is 0 Å². The molecule has 1 aliphatic carbocycles. The summed E-state index contributed by atoms with van der Waals surface area (Å²) in [6.45, 7) is 4.78. The Bertz CT molecular complexity index is 3840. The second kappa shape index (κ2) is 13.9. The molecular formula is C61H41N3. The van der Waals surface area contributed by atoms with Gasteiger partial charge in [-0.2, -0.15) is 0 Å². The third-order valence-electron chi connectivity index (χ3n) is 13.9. The van der Waals surface area contributed by atoms with Gasteiger partial charge in [0, 0.05) is 22.2 Å². The van der Waals surface area contributed by atoms with Crippen molar-refractivity contribution in [2.45, 2.75) is 19.3 Å². The van der Waals surface area contributed by atoms with Crippen molar-refractivity contribution in [1.82, 2.24) is 14.8 Å². The van der Waals surface area contributed by atoms with E-state index in [0.717, 1.165) is 34.0 Å². The molecule has 64 heavy (non-hydrogen) atoms. The Labute approximate surface area is 371 Å². The van der Waals surface area contributed by atoms with Crippen molar-refractivity contribution in [3.05, 3.63) is 223 Å². The predicted octanol–water partition coefficient (Wildman–Crippen LogP) is 16.0. The van der Waals surface area contributed by atoms with E-state index in [1.165, 1.54) is 92.8 Å².